The topological polar surface area (TPSA) is 71.7 Å². The van der Waals surface area contributed by atoms with E-state index in [1.807, 2.05) is 12.1 Å². The molecule has 6 heteroatoms. The summed E-state index contributed by atoms with van der Waals surface area (Å²) in [5, 5.41) is 0. The molecular formula is C13H20N4O2. The second kappa shape index (κ2) is 5.99. The van der Waals surface area contributed by atoms with Crippen molar-refractivity contribution in [3.05, 3.63) is 23.9 Å². The number of ether oxygens (including phenoxy) is 1. The smallest absolute Gasteiger partial charge is 0.236 e. The summed E-state index contributed by atoms with van der Waals surface area (Å²) in [4.78, 5) is 19.7. The van der Waals surface area contributed by atoms with Gasteiger partial charge in [-0.2, -0.15) is 0 Å². The monoisotopic (exact) mass is 264 g/mol. The molecule has 1 atom stereocenters. The number of likely N-dealkylation sites (N-methyl/N-ethyl adjacent to an activating group) is 1. The van der Waals surface area contributed by atoms with Crippen LogP contribution in [-0.4, -0.2) is 61.0 Å². The second-order valence-electron chi connectivity index (χ2n) is 4.87. The quantitative estimate of drug-likeness (QED) is 0.840. The molecule has 0 saturated carbocycles. The third kappa shape index (κ3) is 3.65. The number of hydrogen-bond acceptors (Lipinski definition) is 5. The number of anilines is 1. The summed E-state index contributed by atoms with van der Waals surface area (Å²) in [6.07, 6.45) is -0.118. The third-order valence-electron chi connectivity index (χ3n) is 3.13. The Balaban J connectivity index is 1.99. The number of aromatic nitrogens is 1. The van der Waals surface area contributed by atoms with Gasteiger partial charge in [0.15, 0.2) is 0 Å². The fourth-order valence-electron chi connectivity index (χ4n) is 2.01. The van der Waals surface area contributed by atoms with E-state index in [9.17, 15) is 4.79 Å². The summed E-state index contributed by atoms with van der Waals surface area (Å²) in [5.74, 6) is 0.587. The molecule has 19 heavy (non-hydrogen) atoms. The lowest BCUT2D eigenvalue weighted by molar-refractivity contribution is -0.132. The summed E-state index contributed by atoms with van der Waals surface area (Å²) in [7, 11) is 3.53. The molecule has 2 rings (SSSR count). The molecule has 0 spiro atoms. The molecule has 1 aliphatic rings. The molecule has 0 bridgehead atoms. The number of nitrogens with two attached hydrogens (primary N) is 1. The average Bonchev–Trinajstić information content (AvgIpc) is 2.39. The van der Waals surface area contributed by atoms with E-state index in [1.165, 1.54) is 0 Å². The molecule has 104 valence electrons. The molecule has 1 amide bonds. The van der Waals surface area contributed by atoms with Crippen molar-refractivity contribution in [2.75, 3.05) is 46.1 Å². The fraction of sp³-hybridized carbons (Fsp3) is 0.538. The zero-order valence-electron chi connectivity index (χ0n) is 11.4. The first-order valence-corrected chi connectivity index (χ1v) is 6.33. The fourth-order valence-corrected chi connectivity index (χ4v) is 2.01. The van der Waals surface area contributed by atoms with Crippen molar-refractivity contribution >= 4 is 11.7 Å². The highest BCUT2D eigenvalue weighted by atomic mass is 16.5. The van der Waals surface area contributed by atoms with Gasteiger partial charge in [0, 0.05) is 27.2 Å². The van der Waals surface area contributed by atoms with Crippen LogP contribution >= 0.6 is 0 Å². The van der Waals surface area contributed by atoms with Gasteiger partial charge in [0.2, 0.25) is 5.91 Å². The van der Waals surface area contributed by atoms with Gasteiger partial charge in [-0.1, -0.05) is 6.07 Å². The lowest BCUT2D eigenvalue weighted by Gasteiger charge is -2.32. The molecule has 1 saturated heterocycles. The normalized spacial score (nSPS) is 20.2. The number of morpholine rings is 1. The first kappa shape index (κ1) is 13.8. The molecule has 1 aromatic heterocycles. The molecule has 6 nitrogen and oxygen atoms in total. The minimum absolute atomic E-state index is 0.0983. The van der Waals surface area contributed by atoms with Crippen LogP contribution in [0.5, 0.6) is 0 Å². The van der Waals surface area contributed by atoms with Crippen LogP contribution in [0, 0.1) is 0 Å². The maximum Gasteiger partial charge on any atom is 0.236 e. The second-order valence-corrected chi connectivity index (χ2v) is 4.87. The van der Waals surface area contributed by atoms with Crippen molar-refractivity contribution in [3.63, 3.8) is 0 Å². The van der Waals surface area contributed by atoms with Crippen molar-refractivity contribution in [2.24, 2.45) is 0 Å². The van der Waals surface area contributed by atoms with Gasteiger partial charge in [0.1, 0.15) is 11.9 Å². The standard InChI is InChI=1S/C13H20N4O2/c1-16(2)13(18)9-17-6-7-19-11(8-17)10-4-3-5-12(14)15-10/h3-5,11H,6-9H2,1-2H3,(H2,14,15)/t11-/m1/s1. The Hall–Kier alpha value is -1.66. The number of carbonyl (C=O) groups is 1. The number of nitrogens with zero attached hydrogens (tertiary/aromatic N) is 3. The van der Waals surface area contributed by atoms with Crippen LogP contribution in [0.25, 0.3) is 0 Å². The molecule has 2 N–H and O–H groups in total. The predicted octanol–water partition coefficient (Wildman–Crippen LogP) is 0.125. The maximum atomic E-state index is 11.7. The zero-order valence-corrected chi connectivity index (χ0v) is 11.4. The van der Waals surface area contributed by atoms with E-state index in [0.717, 1.165) is 12.2 Å². The van der Waals surface area contributed by atoms with E-state index in [0.29, 0.717) is 25.5 Å². The van der Waals surface area contributed by atoms with Crippen LogP contribution in [0.1, 0.15) is 11.8 Å². The van der Waals surface area contributed by atoms with E-state index in [2.05, 4.69) is 9.88 Å². The number of pyridine rings is 1. The van der Waals surface area contributed by atoms with Gasteiger partial charge in [0.25, 0.3) is 0 Å². The van der Waals surface area contributed by atoms with Crippen molar-refractivity contribution in [2.45, 2.75) is 6.10 Å². The zero-order chi connectivity index (χ0) is 13.8. The Labute approximate surface area is 113 Å². The Kier molecular flexibility index (Phi) is 4.34. The van der Waals surface area contributed by atoms with E-state index in [-0.39, 0.29) is 12.0 Å². The summed E-state index contributed by atoms with van der Waals surface area (Å²) in [6.45, 7) is 2.44. The van der Waals surface area contributed by atoms with Gasteiger partial charge in [-0.25, -0.2) is 4.98 Å². The minimum Gasteiger partial charge on any atom is -0.384 e. The lowest BCUT2D eigenvalue weighted by atomic mass is 10.2. The predicted molar refractivity (Wildman–Crippen MR) is 72.5 cm³/mol. The largest absolute Gasteiger partial charge is 0.384 e. The van der Waals surface area contributed by atoms with Gasteiger partial charge < -0.3 is 15.4 Å². The van der Waals surface area contributed by atoms with Gasteiger partial charge >= 0.3 is 0 Å². The van der Waals surface area contributed by atoms with E-state index >= 15 is 0 Å². The summed E-state index contributed by atoms with van der Waals surface area (Å²) in [5.41, 5.74) is 6.50. The highest BCUT2D eigenvalue weighted by Crippen LogP contribution is 2.21. The van der Waals surface area contributed by atoms with Crippen LogP contribution in [-0.2, 0) is 9.53 Å². The Morgan fingerprint density at radius 3 is 3.05 bits per heavy atom. The van der Waals surface area contributed by atoms with E-state index in [4.69, 9.17) is 10.5 Å². The molecule has 0 aliphatic carbocycles. The highest BCUT2D eigenvalue weighted by molar-refractivity contribution is 5.77. The van der Waals surface area contributed by atoms with Gasteiger partial charge in [-0.3, -0.25) is 9.69 Å². The Morgan fingerprint density at radius 2 is 2.37 bits per heavy atom. The third-order valence-corrected chi connectivity index (χ3v) is 3.13. The molecule has 1 aliphatic heterocycles. The first-order chi connectivity index (χ1) is 9.06. The highest BCUT2D eigenvalue weighted by Gasteiger charge is 2.24. The SMILES string of the molecule is CN(C)C(=O)CN1CCO[C@@H](c2cccc(N)n2)C1. The molecule has 0 unspecified atom stereocenters. The van der Waals surface area contributed by atoms with Crippen molar-refractivity contribution in [3.8, 4) is 0 Å². The molecule has 1 aromatic rings. The lowest BCUT2D eigenvalue weighted by Crippen LogP contribution is -2.44. The first-order valence-electron chi connectivity index (χ1n) is 6.33. The summed E-state index contributed by atoms with van der Waals surface area (Å²) in [6, 6.07) is 5.52. The molecule has 1 fully saturated rings. The van der Waals surface area contributed by atoms with Crippen LogP contribution in [0.3, 0.4) is 0 Å². The number of amides is 1. The number of carbonyl (C=O) groups excluding carboxylic acids is 1. The van der Waals surface area contributed by atoms with Crippen molar-refractivity contribution < 1.29 is 9.53 Å². The maximum absolute atomic E-state index is 11.7. The average molecular weight is 264 g/mol. The number of hydrogen-bond donors (Lipinski definition) is 1. The van der Waals surface area contributed by atoms with E-state index < -0.39 is 0 Å². The minimum atomic E-state index is -0.118. The molecular weight excluding hydrogens is 244 g/mol. The van der Waals surface area contributed by atoms with Crippen LogP contribution in [0.2, 0.25) is 0 Å². The van der Waals surface area contributed by atoms with Gasteiger partial charge in [-0.05, 0) is 12.1 Å². The van der Waals surface area contributed by atoms with Crippen molar-refractivity contribution in [1.82, 2.24) is 14.8 Å². The van der Waals surface area contributed by atoms with Crippen molar-refractivity contribution in [1.29, 1.82) is 0 Å². The van der Waals surface area contributed by atoms with Crippen LogP contribution in [0.4, 0.5) is 5.82 Å². The Bertz CT molecular complexity index is 450. The van der Waals surface area contributed by atoms with Crippen LogP contribution in [0.15, 0.2) is 18.2 Å². The molecule has 0 radical (unpaired) electrons. The summed E-state index contributed by atoms with van der Waals surface area (Å²) < 4.78 is 5.71. The van der Waals surface area contributed by atoms with Gasteiger partial charge in [0.05, 0.1) is 18.8 Å². The molecule has 0 aromatic carbocycles. The van der Waals surface area contributed by atoms with Crippen LogP contribution < -0.4 is 5.73 Å². The van der Waals surface area contributed by atoms with E-state index in [1.54, 1.807) is 25.1 Å². The number of nitrogen functional groups attached to an aromatic ring is 1. The number of rotatable bonds is 3. The Morgan fingerprint density at radius 1 is 1.58 bits per heavy atom. The van der Waals surface area contributed by atoms with Gasteiger partial charge in [-0.15, -0.1) is 0 Å². The summed E-state index contributed by atoms with van der Waals surface area (Å²) >= 11 is 0. The molecule has 2 heterocycles.